The molecule has 1 spiro atoms. The minimum absolute atomic E-state index is 0.166. The lowest BCUT2D eigenvalue weighted by Crippen LogP contribution is -2.25. The molecule has 0 bridgehead atoms. The van der Waals surface area contributed by atoms with Crippen LogP contribution < -0.4 is 4.74 Å². The molecule has 0 N–H and O–H groups in total. The molecule has 2 aliphatic carbocycles. The number of benzene rings is 6. The minimum atomic E-state index is -0.351. The molecule has 0 saturated heterocycles. The van der Waals surface area contributed by atoms with Crippen LogP contribution in [0.5, 0.6) is 11.5 Å². The van der Waals surface area contributed by atoms with Gasteiger partial charge in [0.15, 0.2) is 0 Å². The van der Waals surface area contributed by atoms with Gasteiger partial charge in [-0.15, -0.1) is 0 Å². The van der Waals surface area contributed by atoms with Crippen molar-refractivity contribution in [1.29, 1.82) is 0 Å². The van der Waals surface area contributed by atoms with Gasteiger partial charge in [-0.05, 0) is 56.1 Å². The maximum atomic E-state index is 6.78. The molecule has 6 aromatic carbocycles. The number of hydrogen-bond donors (Lipinski definition) is 0. The first-order chi connectivity index (χ1) is 20.1. The summed E-state index contributed by atoms with van der Waals surface area (Å²) in [6, 6.07) is 49.0. The molecule has 0 unspecified atom stereocenters. The van der Waals surface area contributed by atoms with E-state index in [0.29, 0.717) is 0 Å². The molecule has 3 aliphatic rings. The fourth-order valence-electron chi connectivity index (χ4n) is 8.05. The van der Waals surface area contributed by atoms with Crippen LogP contribution in [-0.2, 0) is 10.8 Å². The standard InChI is InChI=1S/C40H28O/c1-39(2)33-21-9-10-24-36(33)41-38-28(17-12-23-35(38)39)27-16-11-22-34-37(27)29-15-5-8-20-32(29)40(34)30-18-6-3-13-25(30)26-14-4-7-19-31(26)40/h3-24H,1-2H3. The molecule has 6 aromatic rings. The van der Waals surface area contributed by atoms with Crippen molar-refractivity contribution in [2.75, 3.05) is 0 Å². The molecular weight excluding hydrogens is 496 g/mol. The van der Waals surface area contributed by atoms with Crippen LogP contribution in [0.15, 0.2) is 133 Å². The summed E-state index contributed by atoms with van der Waals surface area (Å²) in [5.74, 6) is 1.91. The Morgan fingerprint density at radius 2 is 0.854 bits per heavy atom. The Bertz CT molecular complexity index is 2020. The lowest BCUT2D eigenvalue weighted by Gasteiger charge is -2.35. The highest BCUT2D eigenvalue weighted by molar-refractivity contribution is 6.00. The molecule has 0 radical (unpaired) electrons. The van der Waals surface area contributed by atoms with E-state index >= 15 is 0 Å². The third-order valence-electron chi connectivity index (χ3n) is 9.77. The van der Waals surface area contributed by atoms with Crippen molar-refractivity contribution in [3.63, 3.8) is 0 Å². The molecule has 0 amide bonds. The van der Waals surface area contributed by atoms with Crippen molar-refractivity contribution >= 4 is 0 Å². The highest BCUT2D eigenvalue weighted by Gasteiger charge is 2.52. The zero-order valence-electron chi connectivity index (χ0n) is 23.1. The van der Waals surface area contributed by atoms with Gasteiger partial charge in [0, 0.05) is 22.1 Å². The van der Waals surface area contributed by atoms with Crippen LogP contribution in [0.3, 0.4) is 0 Å². The van der Waals surface area contributed by atoms with Gasteiger partial charge < -0.3 is 4.74 Å². The van der Waals surface area contributed by atoms with Crippen molar-refractivity contribution in [2.45, 2.75) is 24.7 Å². The second-order valence-corrected chi connectivity index (χ2v) is 12.0. The Kier molecular flexibility index (Phi) is 4.39. The predicted octanol–water partition coefficient (Wildman–Crippen LogP) is 10.1. The zero-order chi connectivity index (χ0) is 27.3. The SMILES string of the molecule is CC1(C)c2ccccc2Oc2c(-c3cccc4c3-c3ccccc3C43c4ccccc4-c4ccccc43)cccc21. The van der Waals surface area contributed by atoms with Gasteiger partial charge in [0.05, 0.1) is 5.41 Å². The lowest BCUT2D eigenvalue weighted by molar-refractivity contribution is 0.419. The van der Waals surface area contributed by atoms with Crippen molar-refractivity contribution in [2.24, 2.45) is 0 Å². The second kappa shape index (κ2) is 7.86. The molecule has 194 valence electrons. The topological polar surface area (TPSA) is 9.23 Å². The summed E-state index contributed by atoms with van der Waals surface area (Å²) in [4.78, 5) is 0. The van der Waals surface area contributed by atoms with E-state index in [2.05, 4.69) is 147 Å². The molecule has 1 heterocycles. The van der Waals surface area contributed by atoms with Crippen LogP contribution in [0.2, 0.25) is 0 Å². The van der Waals surface area contributed by atoms with E-state index in [-0.39, 0.29) is 10.8 Å². The van der Waals surface area contributed by atoms with Gasteiger partial charge >= 0.3 is 0 Å². The molecule has 9 rings (SSSR count). The normalized spacial score (nSPS) is 15.7. The Balaban J connectivity index is 1.38. The highest BCUT2D eigenvalue weighted by Crippen LogP contribution is 2.64. The third kappa shape index (κ3) is 2.71. The summed E-state index contributed by atoms with van der Waals surface area (Å²) in [6.07, 6.45) is 0. The van der Waals surface area contributed by atoms with Gasteiger partial charge in [-0.2, -0.15) is 0 Å². The van der Waals surface area contributed by atoms with Gasteiger partial charge in [-0.25, -0.2) is 0 Å². The first kappa shape index (κ1) is 22.9. The monoisotopic (exact) mass is 524 g/mol. The summed E-state index contributed by atoms with van der Waals surface area (Å²) in [5.41, 5.74) is 15.0. The van der Waals surface area contributed by atoms with Gasteiger partial charge in [-0.3, -0.25) is 0 Å². The number of rotatable bonds is 1. The maximum absolute atomic E-state index is 6.78. The van der Waals surface area contributed by atoms with Gasteiger partial charge in [0.1, 0.15) is 11.5 Å². The summed E-state index contributed by atoms with van der Waals surface area (Å²) < 4.78 is 6.78. The van der Waals surface area contributed by atoms with E-state index in [1.807, 2.05) is 0 Å². The highest BCUT2D eigenvalue weighted by atomic mass is 16.5. The van der Waals surface area contributed by atoms with Gasteiger partial charge in [0.2, 0.25) is 0 Å². The van der Waals surface area contributed by atoms with Crippen molar-refractivity contribution < 1.29 is 4.74 Å². The number of hydrogen-bond acceptors (Lipinski definition) is 1. The fourth-order valence-corrected chi connectivity index (χ4v) is 8.05. The van der Waals surface area contributed by atoms with Crippen LogP contribution in [0.1, 0.15) is 47.2 Å². The fraction of sp³-hybridized carbons (Fsp3) is 0.100. The van der Waals surface area contributed by atoms with Crippen LogP contribution in [0.4, 0.5) is 0 Å². The maximum Gasteiger partial charge on any atom is 0.139 e. The molecule has 0 aromatic heterocycles. The smallest absolute Gasteiger partial charge is 0.139 e. The number of para-hydroxylation sites is 2. The van der Waals surface area contributed by atoms with E-state index in [1.165, 1.54) is 61.2 Å². The van der Waals surface area contributed by atoms with E-state index in [1.54, 1.807) is 0 Å². The molecule has 1 aliphatic heterocycles. The first-order valence-corrected chi connectivity index (χ1v) is 14.5. The summed E-state index contributed by atoms with van der Waals surface area (Å²) in [6.45, 7) is 4.62. The first-order valence-electron chi connectivity index (χ1n) is 14.5. The molecule has 1 heteroatoms. The van der Waals surface area contributed by atoms with Crippen molar-refractivity contribution in [3.8, 4) is 44.9 Å². The van der Waals surface area contributed by atoms with Gasteiger partial charge in [-0.1, -0.05) is 141 Å². The largest absolute Gasteiger partial charge is 0.456 e. The Labute approximate surface area is 240 Å². The van der Waals surface area contributed by atoms with Crippen molar-refractivity contribution in [1.82, 2.24) is 0 Å². The van der Waals surface area contributed by atoms with Crippen LogP contribution in [-0.4, -0.2) is 0 Å². The number of ether oxygens (including phenoxy) is 1. The minimum Gasteiger partial charge on any atom is -0.456 e. The summed E-state index contributed by atoms with van der Waals surface area (Å²) >= 11 is 0. The van der Waals surface area contributed by atoms with Crippen LogP contribution in [0.25, 0.3) is 33.4 Å². The second-order valence-electron chi connectivity index (χ2n) is 12.0. The molecular formula is C40H28O. The lowest BCUT2D eigenvalue weighted by atomic mass is 9.70. The van der Waals surface area contributed by atoms with Crippen molar-refractivity contribution in [3.05, 3.63) is 167 Å². The number of fused-ring (bicyclic) bond motifs is 12. The Morgan fingerprint density at radius 1 is 0.390 bits per heavy atom. The van der Waals surface area contributed by atoms with Gasteiger partial charge in [0.25, 0.3) is 0 Å². The Hall–Kier alpha value is -4.88. The molecule has 41 heavy (non-hydrogen) atoms. The van der Waals surface area contributed by atoms with E-state index in [9.17, 15) is 0 Å². The molecule has 0 fully saturated rings. The van der Waals surface area contributed by atoms with E-state index in [0.717, 1.165) is 17.1 Å². The van der Waals surface area contributed by atoms with Crippen LogP contribution in [0, 0.1) is 0 Å². The predicted molar refractivity (Wildman–Crippen MR) is 167 cm³/mol. The summed E-state index contributed by atoms with van der Waals surface area (Å²) in [7, 11) is 0. The third-order valence-corrected chi connectivity index (χ3v) is 9.77. The average Bonchev–Trinajstić information content (AvgIpc) is 3.49. The molecule has 0 atom stereocenters. The molecule has 1 nitrogen and oxygen atoms in total. The van der Waals surface area contributed by atoms with Crippen LogP contribution >= 0.6 is 0 Å². The quantitative estimate of drug-likeness (QED) is 0.208. The van der Waals surface area contributed by atoms with E-state index in [4.69, 9.17) is 4.74 Å². The zero-order valence-corrected chi connectivity index (χ0v) is 23.1. The average molecular weight is 525 g/mol. The molecule has 0 saturated carbocycles. The Morgan fingerprint density at radius 3 is 1.54 bits per heavy atom. The van der Waals surface area contributed by atoms with E-state index < -0.39 is 0 Å². The summed E-state index contributed by atoms with van der Waals surface area (Å²) in [5, 5.41) is 0.